The number of anilines is 1. The van der Waals surface area contributed by atoms with Gasteiger partial charge in [-0.3, -0.25) is 24.1 Å². The molecule has 38 heavy (non-hydrogen) atoms. The average Bonchev–Trinajstić information content (AvgIpc) is 3.17. The number of Topliss-reactive ketones (excluding diaryl/α,β-unsaturated/α-hetero) is 1. The largest absolute Gasteiger partial charge is 0.505 e. The number of allylic oxidation sites excluding steroid dienone is 6. The van der Waals surface area contributed by atoms with Gasteiger partial charge in [0, 0.05) is 22.6 Å². The van der Waals surface area contributed by atoms with E-state index in [-0.39, 0.29) is 35.4 Å². The van der Waals surface area contributed by atoms with Crippen LogP contribution in [0.5, 0.6) is 5.75 Å². The van der Waals surface area contributed by atoms with Crippen molar-refractivity contribution in [3.63, 3.8) is 0 Å². The predicted molar refractivity (Wildman–Crippen MR) is 138 cm³/mol. The van der Waals surface area contributed by atoms with Gasteiger partial charge < -0.3 is 5.11 Å². The summed E-state index contributed by atoms with van der Waals surface area (Å²) in [6.07, 6.45) is 5.30. The molecule has 7 heteroatoms. The molecule has 0 unspecified atom stereocenters. The molecule has 6 rings (SSSR count). The summed E-state index contributed by atoms with van der Waals surface area (Å²) in [6.45, 7) is 5.31. The number of rotatable bonds is 3. The van der Waals surface area contributed by atoms with Crippen molar-refractivity contribution in [2.24, 2.45) is 17.8 Å². The first-order valence-corrected chi connectivity index (χ1v) is 12.5. The molecule has 0 radical (unpaired) electrons. The Morgan fingerprint density at radius 1 is 1.03 bits per heavy atom. The van der Waals surface area contributed by atoms with Crippen molar-refractivity contribution in [3.05, 3.63) is 100 Å². The number of nitrogens with zero attached hydrogens (tertiary/aromatic N) is 1. The van der Waals surface area contributed by atoms with Crippen molar-refractivity contribution >= 4 is 35.1 Å². The first-order valence-electron chi connectivity index (χ1n) is 12.5. The maximum atomic E-state index is 14.5. The van der Waals surface area contributed by atoms with E-state index < -0.39 is 35.2 Å². The lowest BCUT2D eigenvalue weighted by atomic mass is 9.59. The Bertz CT molecular complexity index is 1560. The molecule has 6 nitrogen and oxygen atoms in total. The molecule has 1 fully saturated rings. The van der Waals surface area contributed by atoms with E-state index in [1.165, 1.54) is 29.2 Å². The summed E-state index contributed by atoms with van der Waals surface area (Å²) >= 11 is 0. The van der Waals surface area contributed by atoms with Crippen LogP contribution in [0.1, 0.15) is 36.8 Å². The summed E-state index contributed by atoms with van der Waals surface area (Å²) in [4.78, 5) is 55.1. The Hall–Kier alpha value is -4.39. The Morgan fingerprint density at radius 3 is 2.45 bits per heavy atom. The number of carbonyl (C=O) groups is 4. The van der Waals surface area contributed by atoms with Crippen molar-refractivity contribution in [3.8, 4) is 5.75 Å². The minimum absolute atomic E-state index is 0.149. The highest BCUT2D eigenvalue weighted by Gasteiger charge is 2.56. The zero-order valence-corrected chi connectivity index (χ0v) is 20.6. The quantitative estimate of drug-likeness (QED) is 0.364. The molecule has 4 aliphatic rings. The molecule has 0 aromatic heterocycles. The molecular weight excluding hydrogens is 485 g/mol. The van der Waals surface area contributed by atoms with Crippen LogP contribution >= 0.6 is 0 Å². The topological polar surface area (TPSA) is 91.8 Å². The van der Waals surface area contributed by atoms with Gasteiger partial charge in [-0.2, -0.15) is 0 Å². The molecule has 190 valence electrons. The maximum Gasteiger partial charge on any atom is 0.238 e. The van der Waals surface area contributed by atoms with Crippen LogP contribution in [0.25, 0.3) is 6.08 Å². The van der Waals surface area contributed by atoms with Gasteiger partial charge in [0.25, 0.3) is 0 Å². The number of fused-ring (bicyclic) bond motifs is 3. The molecule has 0 spiro atoms. The molecule has 2 aromatic rings. The lowest BCUT2D eigenvalue weighted by molar-refractivity contribution is -0.123. The summed E-state index contributed by atoms with van der Waals surface area (Å²) in [5.74, 6) is -5.19. The van der Waals surface area contributed by atoms with Crippen LogP contribution in [-0.4, -0.2) is 28.5 Å². The van der Waals surface area contributed by atoms with Gasteiger partial charge in [-0.15, -0.1) is 0 Å². The molecule has 0 saturated carbocycles. The summed E-state index contributed by atoms with van der Waals surface area (Å²) in [6, 6.07) is 10.9. The number of ketones is 2. The fourth-order valence-corrected chi connectivity index (χ4v) is 6.46. The van der Waals surface area contributed by atoms with Crippen LogP contribution in [0.2, 0.25) is 0 Å². The van der Waals surface area contributed by atoms with Crippen molar-refractivity contribution in [1.29, 1.82) is 0 Å². The molecule has 1 N–H and O–H groups in total. The van der Waals surface area contributed by atoms with Gasteiger partial charge in [0.1, 0.15) is 0 Å². The first-order chi connectivity index (χ1) is 18.2. The molecule has 4 atom stereocenters. The number of phenols is 1. The molecule has 2 aromatic carbocycles. The zero-order chi connectivity index (χ0) is 26.9. The highest BCUT2D eigenvalue weighted by Crippen LogP contribution is 2.55. The highest BCUT2D eigenvalue weighted by atomic mass is 19.1. The van der Waals surface area contributed by atoms with E-state index >= 15 is 0 Å². The summed E-state index contributed by atoms with van der Waals surface area (Å²) < 4.78 is 14.5. The Kier molecular flexibility index (Phi) is 5.42. The number of carbonyl (C=O) groups excluding carboxylic acids is 4. The Morgan fingerprint density at radius 2 is 1.76 bits per heavy atom. The summed E-state index contributed by atoms with van der Waals surface area (Å²) in [7, 11) is 0. The standard InChI is InChI=1S/C31H24FNO5/c1-3-16-4-7-18(8-5-16)33-30(37)20-10-9-19-21(27(20)31(33)38)14-22-25(35)12-15(2)29(36)28(22)26(19)17-6-11-24(34)23(32)13-17/h3-9,11-13,20-21,26-27,34H,1,10,14H2,2H3/t20-,21+,26-,27-/m0/s1. The van der Waals surface area contributed by atoms with E-state index in [0.717, 1.165) is 11.1 Å². The second kappa shape index (κ2) is 8.58. The molecule has 0 bridgehead atoms. The summed E-state index contributed by atoms with van der Waals surface area (Å²) in [5, 5.41) is 9.78. The van der Waals surface area contributed by atoms with Gasteiger partial charge in [-0.25, -0.2) is 4.39 Å². The van der Waals surface area contributed by atoms with E-state index in [2.05, 4.69) is 6.58 Å². The number of phenolic OH excluding ortho intramolecular Hbond substituents is 1. The highest BCUT2D eigenvalue weighted by molar-refractivity contribution is 6.25. The number of hydrogen-bond donors (Lipinski definition) is 1. The van der Waals surface area contributed by atoms with Crippen molar-refractivity contribution in [1.82, 2.24) is 0 Å². The van der Waals surface area contributed by atoms with Crippen LogP contribution in [0.4, 0.5) is 10.1 Å². The van der Waals surface area contributed by atoms with Crippen LogP contribution in [-0.2, 0) is 19.2 Å². The van der Waals surface area contributed by atoms with E-state index in [1.807, 2.05) is 6.08 Å². The average molecular weight is 510 g/mol. The number of hydrogen-bond acceptors (Lipinski definition) is 5. The van der Waals surface area contributed by atoms with E-state index in [4.69, 9.17) is 0 Å². The number of imide groups is 1. The van der Waals surface area contributed by atoms with Crippen molar-refractivity contribution < 1.29 is 28.7 Å². The third kappa shape index (κ3) is 3.38. The minimum atomic E-state index is -0.843. The van der Waals surface area contributed by atoms with Crippen LogP contribution in [0.15, 0.2) is 83.5 Å². The van der Waals surface area contributed by atoms with E-state index in [0.29, 0.717) is 28.8 Å². The number of benzene rings is 2. The number of halogens is 1. The molecular formula is C31H24FNO5. The first kappa shape index (κ1) is 24.0. The summed E-state index contributed by atoms with van der Waals surface area (Å²) in [5.41, 5.74) is 3.35. The SMILES string of the molecule is C=Cc1ccc(N2C(=O)[C@H]3[C@H](CC=C4[C@H](c5ccc(O)c(F)c5)C5=C(C[C@H]43)C(=O)C=C(C)C5=O)C2=O)cc1. The molecule has 1 aliphatic heterocycles. The predicted octanol–water partition coefficient (Wildman–Crippen LogP) is 4.81. The fraction of sp³-hybridized carbons (Fsp3) is 0.226. The number of aromatic hydroxyl groups is 1. The lowest BCUT2D eigenvalue weighted by Gasteiger charge is -2.42. The molecule has 1 heterocycles. The van der Waals surface area contributed by atoms with Gasteiger partial charge >= 0.3 is 0 Å². The molecule has 1 saturated heterocycles. The van der Waals surface area contributed by atoms with Crippen molar-refractivity contribution in [2.45, 2.75) is 25.7 Å². The van der Waals surface area contributed by atoms with Crippen LogP contribution in [0, 0.1) is 23.6 Å². The van der Waals surface area contributed by atoms with Gasteiger partial charge in [0.05, 0.1) is 17.5 Å². The third-order valence-electron chi connectivity index (χ3n) is 8.26. The lowest BCUT2D eigenvalue weighted by Crippen LogP contribution is -2.39. The van der Waals surface area contributed by atoms with E-state index in [1.54, 1.807) is 37.3 Å². The maximum absolute atomic E-state index is 14.5. The van der Waals surface area contributed by atoms with Gasteiger partial charge in [0.15, 0.2) is 23.1 Å². The van der Waals surface area contributed by atoms with Crippen LogP contribution < -0.4 is 4.90 Å². The molecule has 2 amide bonds. The van der Waals surface area contributed by atoms with E-state index in [9.17, 15) is 28.7 Å². The van der Waals surface area contributed by atoms with Gasteiger partial charge in [0.2, 0.25) is 11.8 Å². The Labute approximate surface area is 218 Å². The zero-order valence-electron chi connectivity index (χ0n) is 20.6. The second-order valence-corrected chi connectivity index (χ2v) is 10.2. The normalized spacial score (nSPS) is 26.5. The smallest absolute Gasteiger partial charge is 0.238 e. The Balaban J connectivity index is 1.47. The minimum Gasteiger partial charge on any atom is -0.505 e. The van der Waals surface area contributed by atoms with Gasteiger partial charge in [-0.05, 0) is 67.2 Å². The van der Waals surface area contributed by atoms with Crippen LogP contribution in [0.3, 0.4) is 0 Å². The third-order valence-corrected chi connectivity index (χ3v) is 8.26. The number of amides is 2. The fourth-order valence-electron chi connectivity index (χ4n) is 6.46. The molecule has 3 aliphatic carbocycles. The monoisotopic (exact) mass is 509 g/mol. The van der Waals surface area contributed by atoms with Gasteiger partial charge in [-0.1, -0.05) is 42.5 Å². The van der Waals surface area contributed by atoms with Crippen molar-refractivity contribution in [2.75, 3.05) is 4.90 Å². The second-order valence-electron chi connectivity index (χ2n) is 10.2.